The molecule has 1 aromatic carbocycles. The molecule has 2 aromatic heterocycles. The summed E-state index contributed by atoms with van der Waals surface area (Å²) in [6.45, 7) is -2.94. The predicted molar refractivity (Wildman–Crippen MR) is 85.7 cm³/mol. The normalized spacial score (nSPS) is 10.8. The molecule has 0 saturated heterocycles. The molecule has 3 rings (SSSR count). The summed E-state index contributed by atoms with van der Waals surface area (Å²) in [5, 5.41) is 6.91. The third-order valence-corrected chi connectivity index (χ3v) is 3.38. The highest BCUT2D eigenvalue weighted by molar-refractivity contribution is 5.72. The minimum absolute atomic E-state index is 0.0726. The Morgan fingerprint density at radius 1 is 1.20 bits per heavy atom. The maximum atomic E-state index is 12.4. The highest BCUT2D eigenvalue weighted by atomic mass is 19.3. The van der Waals surface area contributed by atoms with Crippen LogP contribution in [0.15, 0.2) is 41.2 Å². The number of pyridine rings is 1. The van der Waals surface area contributed by atoms with Gasteiger partial charge in [0, 0.05) is 18.8 Å². The molecule has 130 valence electrons. The van der Waals surface area contributed by atoms with Gasteiger partial charge in [0.25, 0.3) is 5.89 Å². The number of rotatable bonds is 6. The van der Waals surface area contributed by atoms with Crippen LogP contribution in [0.2, 0.25) is 0 Å². The lowest BCUT2D eigenvalue weighted by atomic mass is 10.2. The zero-order valence-corrected chi connectivity index (χ0v) is 13.4. The van der Waals surface area contributed by atoms with E-state index in [0.29, 0.717) is 17.0 Å². The van der Waals surface area contributed by atoms with Crippen molar-refractivity contribution in [3.05, 3.63) is 36.7 Å². The van der Waals surface area contributed by atoms with E-state index < -0.39 is 6.61 Å². The number of halogens is 2. The van der Waals surface area contributed by atoms with Crippen LogP contribution in [0.1, 0.15) is 0 Å². The molecule has 0 radical (unpaired) electrons. The van der Waals surface area contributed by atoms with Crippen molar-refractivity contribution < 1.29 is 22.8 Å². The summed E-state index contributed by atoms with van der Waals surface area (Å²) in [5.74, 6) is 0.657. The van der Waals surface area contributed by atoms with E-state index in [1.54, 1.807) is 31.6 Å². The molecule has 0 spiro atoms. The van der Waals surface area contributed by atoms with Gasteiger partial charge in [-0.05, 0) is 24.3 Å². The van der Waals surface area contributed by atoms with E-state index in [4.69, 9.17) is 9.26 Å². The van der Waals surface area contributed by atoms with Crippen LogP contribution in [0.25, 0.3) is 22.8 Å². The Kier molecular flexibility index (Phi) is 4.73. The van der Waals surface area contributed by atoms with E-state index in [1.165, 1.54) is 19.2 Å². The van der Waals surface area contributed by atoms with E-state index >= 15 is 0 Å². The fourth-order valence-corrected chi connectivity index (χ4v) is 2.23. The van der Waals surface area contributed by atoms with Crippen molar-refractivity contribution in [1.29, 1.82) is 0 Å². The summed E-state index contributed by atoms with van der Waals surface area (Å²) < 4.78 is 39.6. The third-order valence-electron chi connectivity index (χ3n) is 3.38. The summed E-state index contributed by atoms with van der Waals surface area (Å²) in [6.07, 6.45) is 3.25. The van der Waals surface area contributed by atoms with Crippen molar-refractivity contribution in [3.8, 4) is 34.3 Å². The molecule has 0 fully saturated rings. The minimum atomic E-state index is -2.94. The van der Waals surface area contributed by atoms with E-state index in [0.717, 1.165) is 5.69 Å². The summed E-state index contributed by atoms with van der Waals surface area (Å²) in [6, 6.07) is 6.14. The van der Waals surface area contributed by atoms with Gasteiger partial charge in [0.1, 0.15) is 0 Å². The summed E-state index contributed by atoms with van der Waals surface area (Å²) in [4.78, 5) is 8.35. The van der Waals surface area contributed by atoms with Gasteiger partial charge in [0.2, 0.25) is 5.82 Å². The second-order valence-corrected chi connectivity index (χ2v) is 4.84. The van der Waals surface area contributed by atoms with Gasteiger partial charge in [-0.25, -0.2) is 0 Å². The molecule has 7 nitrogen and oxygen atoms in total. The first-order valence-electron chi connectivity index (χ1n) is 7.21. The van der Waals surface area contributed by atoms with Crippen LogP contribution in [0.5, 0.6) is 11.5 Å². The first kappa shape index (κ1) is 16.6. The van der Waals surface area contributed by atoms with Crippen LogP contribution in [-0.2, 0) is 0 Å². The average Bonchev–Trinajstić information content (AvgIpc) is 3.11. The van der Waals surface area contributed by atoms with Gasteiger partial charge in [0.05, 0.1) is 24.6 Å². The molecule has 0 aliphatic heterocycles. The van der Waals surface area contributed by atoms with Crippen LogP contribution < -0.4 is 14.8 Å². The molecule has 0 aliphatic rings. The number of hydrogen-bond acceptors (Lipinski definition) is 7. The third kappa shape index (κ3) is 3.49. The molecular weight excluding hydrogens is 334 g/mol. The van der Waals surface area contributed by atoms with Crippen molar-refractivity contribution >= 4 is 5.69 Å². The van der Waals surface area contributed by atoms with Crippen LogP contribution in [0.3, 0.4) is 0 Å². The first-order chi connectivity index (χ1) is 12.1. The molecule has 2 heterocycles. The lowest BCUT2D eigenvalue weighted by Gasteiger charge is -2.10. The number of hydrogen-bond donors (Lipinski definition) is 1. The summed E-state index contributed by atoms with van der Waals surface area (Å²) >= 11 is 0. The number of nitrogens with zero attached hydrogens (tertiary/aromatic N) is 3. The fourth-order valence-electron chi connectivity index (χ4n) is 2.23. The fraction of sp³-hybridized carbons (Fsp3) is 0.188. The van der Waals surface area contributed by atoms with Crippen molar-refractivity contribution in [2.45, 2.75) is 6.61 Å². The second-order valence-electron chi connectivity index (χ2n) is 4.84. The molecule has 3 aromatic rings. The minimum Gasteiger partial charge on any atom is -0.493 e. The number of methoxy groups -OCH3 is 1. The zero-order valence-electron chi connectivity index (χ0n) is 13.4. The zero-order chi connectivity index (χ0) is 17.8. The van der Waals surface area contributed by atoms with Gasteiger partial charge in [-0.15, -0.1) is 0 Å². The summed E-state index contributed by atoms with van der Waals surface area (Å²) in [7, 11) is 3.11. The largest absolute Gasteiger partial charge is 0.493 e. The predicted octanol–water partition coefficient (Wildman–Crippen LogP) is 3.45. The highest BCUT2D eigenvalue weighted by Crippen LogP contribution is 2.33. The molecule has 9 heteroatoms. The molecular formula is C16H14F2N4O3. The lowest BCUT2D eigenvalue weighted by Crippen LogP contribution is -2.03. The van der Waals surface area contributed by atoms with Crippen molar-refractivity contribution in [1.82, 2.24) is 15.1 Å². The quantitative estimate of drug-likeness (QED) is 0.730. The van der Waals surface area contributed by atoms with E-state index in [9.17, 15) is 8.78 Å². The molecule has 0 bridgehead atoms. The van der Waals surface area contributed by atoms with Crippen molar-refractivity contribution in [3.63, 3.8) is 0 Å². The van der Waals surface area contributed by atoms with Gasteiger partial charge in [-0.2, -0.15) is 13.8 Å². The topological polar surface area (TPSA) is 82.3 Å². The van der Waals surface area contributed by atoms with E-state index in [-0.39, 0.29) is 17.3 Å². The number of ether oxygens (including phenoxy) is 2. The average molecular weight is 348 g/mol. The van der Waals surface area contributed by atoms with Crippen molar-refractivity contribution in [2.24, 2.45) is 0 Å². The Morgan fingerprint density at radius 2 is 2.04 bits per heavy atom. The first-order valence-corrected chi connectivity index (χ1v) is 7.21. The molecule has 0 aliphatic carbocycles. The van der Waals surface area contributed by atoms with Gasteiger partial charge >= 0.3 is 6.61 Å². The Hall–Kier alpha value is -3.23. The number of alkyl halides is 2. The number of anilines is 1. The molecule has 0 saturated carbocycles. The molecule has 0 atom stereocenters. The van der Waals surface area contributed by atoms with E-state index in [2.05, 4.69) is 25.2 Å². The SMILES string of the molecule is CNc1cnccc1-c1nc(-c2ccc(OC(F)F)c(OC)c2)no1. The van der Waals surface area contributed by atoms with Crippen LogP contribution in [0, 0.1) is 0 Å². The van der Waals surface area contributed by atoms with Crippen LogP contribution >= 0.6 is 0 Å². The Morgan fingerprint density at radius 3 is 2.76 bits per heavy atom. The molecule has 25 heavy (non-hydrogen) atoms. The van der Waals surface area contributed by atoms with E-state index in [1.807, 2.05) is 0 Å². The van der Waals surface area contributed by atoms with Gasteiger partial charge < -0.3 is 19.3 Å². The van der Waals surface area contributed by atoms with Crippen LogP contribution in [0.4, 0.5) is 14.5 Å². The van der Waals surface area contributed by atoms with Gasteiger partial charge in [0.15, 0.2) is 11.5 Å². The Labute approximate surface area is 141 Å². The molecule has 0 unspecified atom stereocenters. The summed E-state index contributed by atoms with van der Waals surface area (Å²) in [5.41, 5.74) is 1.96. The standard InChI is InChI=1S/C16H14F2N4O3/c1-19-11-8-20-6-5-10(11)15-21-14(22-25-15)9-3-4-12(24-16(17)18)13(7-9)23-2/h3-8,16,19H,1-2H3. The second kappa shape index (κ2) is 7.12. The van der Waals surface area contributed by atoms with Gasteiger partial charge in [-0.1, -0.05) is 5.16 Å². The molecule has 1 N–H and O–H groups in total. The Balaban J connectivity index is 1.94. The monoisotopic (exact) mass is 348 g/mol. The van der Waals surface area contributed by atoms with Crippen LogP contribution in [-0.4, -0.2) is 35.9 Å². The highest BCUT2D eigenvalue weighted by Gasteiger charge is 2.16. The smallest absolute Gasteiger partial charge is 0.387 e. The number of aromatic nitrogens is 3. The molecule has 0 amide bonds. The van der Waals surface area contributed by atoms with Crippen molar-refractivity contribution in [2.75, 3.05) is 19.5 Å². The number of benzene rings is 1. The maximum absolute atomic E-state index is 12.4. The number of nitrogens with one attached hydrogen (secondary N) is 1. The Bertz CT molecular complexity index is 870. The van der Waals surface area contributed by atoms with Gasteiger partial charge in [-0.3, -0.25) is 4.98 Å². The lowest BCUT2D eigenvalue weighted by molar-refractivity contribution is -0.0512. The maximum Gasteiger partial charge on any atom is 0.387 e.